The lowest BCUT2D eigenvalue weighted by Gasteiger charge is -2.03. The lowest BCUT2D eigenvalue weighted by molar-refractivity contribution is 0.0697. The van der Waals surface area contributed by atoms with Gasteiger partial charge in [-0.2, -0.15) is 10.2 Å². The fraction of sp³-hybridized carbons (Fsp3) is 0.214. The Kier molecular flexibility index (Phi) is 3.84. The van der Waals surface area contributed by atoms with E-state index in [0.29, 0.717) is 5.69 Å². The van der Waals surface area contributed by atoms with E-state index in [9.17, 15) is 4.79 Å². The van der Waals surface area contributed by atoms with Crippen molar-refractivity contribution in [2.45, 2.75) is 13.8 Å². The third-order valence-electron chi connectivity index (χ3n) is 2.87. The highest BCUT2D eigenvalue weighted by Crippen LogP contribution is 2.12. The van der Waals surface area contributed by atoms with Crippen LogP contribution in [0.4, 0.5) is 5.69 Å². The van der Waals surface area contributed by atoms with Gasteiger partial charge in [0, 0.05) is 18.8 Å². The molecular weight excluding hydrogens is 256 g/mol. The van der Waals surface area contributed by atoms with Gasteiger partial charge in [0.25, 0.3) is 0 Å². The van der Waals surface area contributed by atoms with Gasteiger partial charge in [-0.25, -0.2) is 4.79 Å². The standard InChI is InChI=1S/C14H16N4O2/c1-9(13-8-18(3)17-10(13)2)15-16-12-6-4-5-11(7-12)14(19)20/h4-8,16H,1-3H3,(H,19,20). The summed E-state index contributed by atoms with van der Waals surface area (Å²) in [6.45, 7) is 3.79. The Morgan fingerprint density at radius 3 is 2.80 bits per heavy atom. The second-order valence-corrected chi connectivity index (χ2v) is 4.50. The minimum atomic E-state index is -0.961. The van der Waals surface area contributed by atoms with Crippen LogP contribution in [0.5, 0.6) is 0 Å². The second-order valence-electron chi connectivity index (χ2n) is 4.50. The number of benzene rings is 1. The molecule has 0 fully saturated rings. The zero-order valence-corrected chi connectivity index (χ0v) is 11.6. The van der Waals surface area contributed by atoms with Crippen LogP contribution in [-0.4, -0.2) is 26.6 Å². The van der Waals surface area contributed by atoms with Gasteiger partial charge in [-0.1, -0.05) is 6.07 Å². The Balaban J connectivity index is 2.18. The molecule has 0 radical (unpaired) electrons. The molecule has 0 saturated heterocycles. The number of anilines is 1. The van der Waals surface area contributed by atoms with Crippen molar-refractivity contribution in [3.63, 3.8) is 0 Å². The molecule has 20 heavy (non-hydrogen) atoms. The van der Waals surface area contributed by atoms with E-state index in [2.05, 4.69) is 15.6 Å². The summed E-state index contributed by atoms with van der Waals surface area (Å²) in [7, 11) is 1.85. The van der Waals surface area contributed by atoms with E-state index in [1.165, 1.54) is 12.1 Å². The van der Waals surface area contributed by atoms with Gasteiger partial charge in [0.05, 0.1) is 22.7 Å². The molecule has 0 unspecified atom stereocenters. The second kappa shape index (κ2) is 5.56. The van der Waals surface area contributed by atoms with E-state index in [-0.39, 0.29) is 5.56 Å². The van der Waals surface area contributed by atoms with Crippen molar-refractivity contribution in [3.05, 3.63) is 47.3 Å². The molecule has 0 spiro atoms. The molecule has 1 aromatic carbocycles. The van der Waals surface area contributed by atoms with Gasteiger partial charge < -0.3 is 5.11 Å². The number of carbonyl (C=O) groups is 1. The van der Waals surface area contributed by atoms with Crippen molar-refractivity contribution in [1.29, 1.82) is 0 Å². The lowest BCUT2D eigenvalue weighted by Crippen LogP contribution is -2.01. The van der Waals surface area contributed by atoms with Crippen LogP contribution in [-0.2, 0) is 7.05 Å². The summed E-state index contributed by atoms with van der Waals surface area (Å²) in [4.78, 5) is 10.9. The molecular formula is C14H16N4O2. The molecule has 0 aliphatic heterocycles. The molecule has 2 N–H and O–H groups in total. The van der Waals surface area contributed by atoms with Gasteiger partial charge in [0.1, 0.15) is 0 Å². The van der Waals surface area contributed by atoms with E-state index < -0.39 is 5.97 Å². The molecule has 1 heterocycles. The number of carboxylic acid groups (broad SMARTS) is 1. The lowest BCUT2D eigenvalue weighted by atomic mass is 10.2. The minimum absolute atomic E-state index is 0.223. The maximum absolute atomic E-state index is 10.9. The van der Waals surface area contributed by atoms with Gasteiger partial charge in [-0.15, -0.1) is 0 Å². The average molecular weight is 272 g/mol. The van der Waals surface area contributed by atoms with Crippen molar-refractivity contribution in [1.82, 2.24) is 9.78 Å². The topological polar surface area (TPSA) is 79.5 Å². The van der Waals surface area contributed by atoms with Crippen LogP contribution >= 0.6 is 0 Å². The number of nitrogens with zero attached hydrogens (tertiary/aromatic N) is 3. The number of hydrogen-bond acceptors (Lipinski definition) is 4. The molecule has 0 aliphatic carbocycles. The monoisotopic (exact) mass is 272 g/mol. The van der Waals surface area contributed by atoms with Crippen LogP contribution in [0.1, 0.15) is 28.5 Å². The third-order valence-corrected chi connectivity index (χ3v) is 2.87. The molecule has 0 saturated carbocycles. The summed E-state index contributed by atoms with van der Waals surface area (Å²) >= 11 is 0. The smallest absolute Gasteiger partial charge is 0.335 e. The first kappa shape index (κ1) is 13.8. The van der Waals surface area contributed by atoms with Crippen molar-refractivity contribution >= 4 is 17.4 Å². The summed E-state index contributed by atoms with van der Waals surface area (Å²) in [5.74, 6) is -0.961. The van der Waals surface area contributed by atoms with Gasteiger partial charge in [0.15, 0.2) is 0 Å². The first-order chi connectivity index (χ1) is 9.47. The average Bonchev–Trinajstić information content (AvgIpc) is 2.75. The molecule has 2 rings (SSSR count). The normalized spacial score (nSPS) is 11.4. The number of carboxylic acids is 1. The number of aromatic carboxylic acids is 1. The van der Waals surface area contributed by atoms with Crippen LogP contribution in [0.2, 0.25) is 0 Å². The summed E-state index contributed by atoms with van der Waals surface area (Å²) in [5.41, 5.74) is 6.35. The summed E-state index contributed by atoms with van der Waals surface area (Å²) in [6.07, 6.45) is 1.89. The highest BCUT2D eigenvalue weighted by molar-refractivity contribution is 5.99. The van der Waals surface area contributed by atoms with Crippen LogP contribution < -0.4 is 5.43 Å². The Bertz CT molecular complexity index is 674. The van der Waals surface area contributed by atoms with Crippen LogP contribution in [0, 0.1) is 6.92 Å². The van der Waals surface area contributed by atoms with Crippen LogP contribution in [0.15, 0.2) is 35.6 Å². The number of rotatable bonds is 4. The quantitative estimate of drug-likeness (QED) is 0.661. The van der Waals surface area contributed by atoms with Crippen LogP contribution in [0.3, 0.4) is 0 Å². The van der Waals surface area contributed by atoms with Crippen LogP contribution in [0.25, 0.3) is 0 Å². The van der Waals surface area contributed by atoms with E-state index in [1.807, 2.05) is 27.1 Å². The van der Waals surface area contributed by atoms with E-state index in [1.54, 1.807) is 16.8 Å². The number of aryl methyl sites for hydroxylation is 2. The number of hydrogen-bond donors (Lipinski definition) is 2. The maximum atomic E-state index is 10.9. The predicted octanol–water partition coefficient (Wildman–Crippen LogP) is 2.26. The number of nitrogens with one attached hydrogen (secondary N) is 1. The highest BCUT2D eigenvalue weighted by atomic mass is 16.4. The van der Waals surface area contributed by atoms with Crippen molar-refractivity contribution < 1.29 is 9.90 Å². The van der Waals surface area contributed by atoms with E-state index in [4.69, 9.17) is 5.11 Å². The Hall–Kier alpha value is -2.63. The van der Waals surface area contributed by atoms with Gasteiger partial charge in [-0.05, 0) is 32.0 Å². The Morgan fingerprint density at radius 1 is 1.45 bits per heavy atom. The van der Waals surface area contributed by atoms with Crippen molar-refractivity contribution in [2.75, 3.05) is 5.43 Å². The summed E-state index contributed by atoms with van der Waals surface area (Å²) in [5, 5.41) is 17.4. The first-order valence-electron chi connectivity index (χ1n) is 6.11. The maximum Gasteiger partial charge on any atom is 0.335 e. The van der Waals surface area contributed by atoms with Crippen molar-refractivity contribution in [3.8, 4) is 0 Å². The largest absolute Gasteiger partial charge is 0.478 e. The number of hydrazone groups is 1. The fourth-order valence-corrected chi connectivity index (χ4v) is 1.89. The molecule has 0 amide bonds. The Labute approximate surface area is 116 Å². The van der Waals surface area contributed by atoms with Crippen molar-refractivity contribution in [2.24, 2.45) is 12.1 Å². The minimum Gasteiger partial charge on any atom is -0.478 e. The summed E-state index contributed by atoms with van der Waals surface area (Å²) in [6, 6.07) is 6.51. The van der Waals surface area contributed by atoms with E-state index in [0.717, 1.165) is 17.0 Å². The summed E-state index contributed by atoms with van der Waals surface area (Å²) < 4.78 is 1.73. The molecule has 0 bridgehead atoms. The third kappa shape index (κ3) is 3.03. The highest BCUT2D eigenvalue weighted by Gasteiger charge is 2.06. The molecule has 2 aromatic rings. The molecule has 0 aliphatic rings. The molecule has 1 aromatic heterocycles. The fourth-order valence-electron chi connectivity index (χ4n) is 1.89. The molecule has 104 valence electrons. The van der Waals surface area contributed by atoms with Gasteiger partial charge in [0.2, 0.25) is 0 Å². The van der Waals surface area contributed by atoms with Gasteiger partial charge in [-0.3, -0.25) is 10.1 Å². The SMILES string of the molecule is CC(=NNc1cccc(C(=O)O)c1)c1cn(C)nc1C. The molecule has 6 nitrogen and oxygen atoms in total. The zero-order valence-electron chi connectivity index (χ0n) is 11.6. The first-order valence-corrected chi connectivity index (χ1v) is 6.11. The zero-order chi connectivity index (χ0) is 14.7. The number of aromatic nitrogens is 2. The van der Waals surface area contributed by atoms with Gasteiger partial charge >= 0.3 is 5.97 Å². The van der Waals surface area contributed by atoms with E-state index >= 15 is 0 Å². The molecule has 0 atom stereocenters. The predicted molar refractivity (Wildman–Crippen MR) is 77.2 cm³/mol. The molecule has 6 heteroatoms. The Morgan fingerprint density at radius 2 is 2.20 bits per heavy atom.